The number of thiophene rings is 1. The van der Waals surface area contributed by atoms with Crippen LogP contribution in [0.25, 0.3) is 33.2 Å². The summed E-state index contributed by atoms with van der Waals surface area (Å²) in [5, 5.41) is 21.8. The van der Waals surface area contributed by atoms with Gasteiger partial charge in [0.05, 0.1) is 21.4 Å². The van der Waals surface area contributed by atoms with Crippen LogP contribution in [0.2, 0.25) is 0 Å². The maximum absolute atomic E-state index is 12.8. The molecule has 1 aromatic carbocycles. The topological polar surface area (TPSA) is 126 Å². The fourth-order valence-electron chi connectivity index (χ4n) is 4.16. The Labute approximate surface area is 192 Å². The predicted molar refractivity (Wildman–Crippen MR) is 126 cm³/mol. The third-order valence-electron chi connectivity index (χ3n) is 5.73. The standard InChI is InChI=1S/C24H18N4O4S/c1-13-6-8-16(18(10-13)28(30)31)19-9-7-15(32-19)11-14(12-25)22-26-23(29)21-17-4-2-3-5-20(17)33-24(21)27-22/h6-11H,2-5H2,1H3,(H,26,27,29). The molecule has 0 bridgehead atoms. The van der Waals surface area contributed by atoms with Gasteiger partial charge in [0.15, 0.2) is 5.82 Å². The van der Waals surface area contributed by atoms with Crippen LogP contribution >= 0.6 is 11.3 Å². The lowest BCUT2D eigenvalue weighted by Gasteiger charge is -2.09. The summed E-state index contributed by atoms with van der Waals surface area (Å²) in [6, 6.07) is 10.2. The Bertz CT molecular complexity index is 1550. The van der Waals surface area contributed by atoms with Crippen LogP contribution in [0.3, 0.4) is 0 Å². The number of nitro groups is 1. The SMILES string of the molecule is Cc1ccc(-c2ccc(C=C(C#N)c3nc4sc5c(c4c(=O)[nH]3)CCCC5)o2)c([N+](=O)[O-])c1. The number of rotatable bonds is 4. The number of aromatic amines is 1. The van der Waals surface area contributed by atoms with Crippen molar-refractivity contribution in [2.75, 3.05) is 0 Å². The predicted octanol–water partition coefficient (Wildman–Crippen LogP) is 5.40. The van der Waals surface area contributed by atoms with Crippen molar-refractivity contribution < 1.29 is 9.34 Å². The van der Waals surface area contributed by atoms with Crippen molar-refractivity contribution in [2.45, 2.75) is 32.6 Å². The number of hydrogen-bond acceptors (Lipinski definition) is 7. The van der Waals surface area contributed by atoms with Gasteiger partial charge in [0.25, 0.3) is 11.2 Å². The molecule has 0 radical (unpaired) electrons. The summed E-state index contributed by atoms with van der Waals surface area (Å²) in [6.45, 7) is 1.78. The number of aryl methyl sites for hydroxylation is 3. The van der Waals surface area contributed by atoms with Gasteiger partial charge in [0.2, 0.25) is 0 Å². The number of nitriles is 1. The number of benzene rings is 1. The van der Waals surface area contributed by atoms with Crippen molar-refractivity contribution in [1.82, 2.24) is 9.97 Å². The summed E-state index contributed by atoms with van der Waals surface area (Å²) in [7, 11) is 0. The smallest absolute Gasteiger partial charge is 0.280 e. The Morgan fingerprint density at radius 3 is 2.91 bits per heavy atom. The highest BCUT2D eigenvalue weighted by Gasteiger charge is 2.21. The fraction of sp³-hybridized carbons (Fsp3) is 0.208. The van der Waals surface area contributed by atoms with E-state index >= 15 is 0 Å². The van der Waals surface area contributed by atoms with E-state index in [1.807, 2.05) is 0 Å². The number of hydrogen-bond donors (Lipinski definition) is 1. The first-order valence-electron chi connectivity index (χ1n) is 10.5. The number of H-pyrrole nitrogens is 1. The average Bonchev–Trinajstić information content (AvgIpc) is 3.41. The molecule has 0 atom stereocenters. The van der Waals surface area contributed by atoms with E-state index in [1.54, 1.807) is 31.2 Å². The van der Waals surface area contributed by atoms with Crippen LogP contribution < -0.4 is 5.56 Å². The van der Waals surface area contributed by atoms with E-state index in [0.717, 1.165) is 36.8 Å². The Balaban J connectivity index is 1.55. The zero-order valence-corrected chi connectivity index (χ0v) is 18.5. The molecule has 0 saturated carbocycles. The van der Waals surface area contributed by atoms with Gasteiger partial charge in [-0.05, 0) is 61.9 Å². The van der Waals surface area contributed by atoms with Crippen LogP contribution in [0.5, 0.6) is 0 Å². The summed E-state index contributed by atoms with van der Waals surface area (Å²) in [5.74, 6) is 0.811. The zero-order valence-electron chi connectivity index (χ0n) is 17.7. The number of nitrogens with one attached hydrogen (secondary N) is 1. The van der Waals surface area contributed by atoms with Gasteiger partial charge in [0, 0.05) is 17.0 Å². The molecule has 33 heavy (non-hydrogen) atoms. The quantitative estimate of drug-likeness (QED) is 0.248. The highest BCUT2D eigenvalue weighted by molar-refractivity contribution is 7.18. The van der Waals surface area contributed by atoms with Crippen molar-refractivity contribution in [3.63, 3.8) is 0 Å². The molecule has 1 N–H and O–H groups in total. The summed E-state index contributed by atoms with van der Waals surface area (Å²) < 4.78 is 5.79. The summed E-state index contributed by atoms with van der Waals surface area (Å²) in [4.78, 5) is 32.9. The second kappa shape index (κ2) is 8.15. The van der Waals surface area contributed by atoms with Gasteiger partial charge in [-0.25, -0.2) is 4.98 Å². The van der Waals surface area contributed by atoms with E-state index in [9.17, 15) is 20.2 Å². The summed E-state index contributed by atoms with van der Waals surface area (Å²) >= 11 is 1.51. The monoisotopic (exact) mass is 458 g/mol. The third kappa shape index (κ3) is 3.75. The van der Waals surface area contributed by atoms with Crippen LogP contribution in [-0.4, -0.2) is 14.9 Å². The minimum absolute atomic E-state index is 0.0569. The van der Waals surface area contributed by atoms with Crippen LogP contribution in [0.15, 0.2) is 39.5 Å². The number of nitrogens with zero attached hydrogens (tertiary/aromatic N) is 3. The molecule has 0 saturated heterocycles. The summed E-state index contributed by atoms with van der Waals surface area (Å²) in [6.07, 6.45) is 5.46. The lowest BCUT2D eigenvalue weighted by Crippen LogP contribution is -2.12. The van der Waals surface area contributed by atoms with Crippen molar-refractivity contribution in [3.05, 3.63) is 78.4 Å². The van der Waals surface area contributed by atoms with Gasteiger partial charge in [-0.1, -0.05) is 6.07 Å². The Morgan fingerprint density at radius 1 is 1.30 bits per heavy atom. The molecule has 0 fully saturated rings. The second-order valence-electron chi connectivity index (χ2n) is 7.96. The first-order valence-corrected chi connectivity index (χ1v) is 11.3. The molecule has 9 heteroatoms. The first kappa shape index (κ1) is 20.8. The van der Waals surface area contributed by atoms with Crippen LogP contribution in [-0.2, 0) is 12.8 Å². The zero-order chi connectivity index (χ0) is 23.1. The van der Waals surface area contributed by atoms with Gasteiger partial charge in [-0.15, -0.1) is 11.3 Å². The Kier molecular flexibility index (Phi) is 5.15. The molecule has 0 amide bonds. The van der Waals surface area contributed by atoms with Gasteiger partial charge in [0.1, 0.15) is 22.4 Å². The normalized spacial score (nSPS) is 13.6. The molecule has 3 heterocycles. The van der Waals surface area contributed by atoms with Gasteiger partial charge < -0.3 is 9.40 Å². The highest BCUT2D eigenvalue weighted by atomic mass is 32.1. The Morgan fingerprint density at radius 2 is 2.12 bits per heavy atom. The van der Waals surface area contributed by atoms with Crippen LogP contribution in [0, 0.1) is 28.4 Å². The number of allylic oxidation sites excluding steroid dienone is 1. The highest BCUT2D eigenvalue weighted by Crippen LogP contribution is 2.35. The number of fused-ring (bicyclic) bond motifs is 3. The van der Waals surface area contributed by atoms with Gasteiger partial charge in [-0.2, -0.15) is 5.26 Å². The van der Waals surface area contributed by atoms with Crippen LogP contribution in [0.1, 0.15) is 40.4 Å². The molecular formula is C24H18N4O4S. The van der Waals surface area contributed by atoms with Crippen molar-refractivity contribution in [1.29, 1.82) is 5.26 Å². The van der Waals surface area contributed by atoms with Crippen molar-refractivity contribution in [3.8, 4) is 17.4 Å². The number of furan rings is 1. The van der Waals surface area contributed by atoms with E-state index in [-0.39, 0.29) is 22.6 Å². The van der Waals surface area contributed by atoms with E-state index in [0.29, 0.717) is 27.3 Å². The minimum atomic E-state index is -0.453. The van der Waals surface area contributed by atoms with E-state index in [4.69, 9.17) is 4.42 Å². The second-order valence-corrected chi connectivity index (χ2v) is 9.04. The molecule has 164 valence electrons. The fourth-order valence-corrected chi connectivity index (χ4v) is 5.43. The Hall–Kier alpha value is -4.03. The lowest BCUT2D eigenvalue weighted by atomic mass is 9.97. The van der Waals surface area contributed by atoms with Crippen molar-refractivity contribution in [2.24, 2.45) is 0 Å². The maximum atomic E-state index is 12.8. The molecule has 5 rings (SSSR count). The molecule has 3 aromatic heterocycles. The summed E-state index contributed by atoms with van der Waals surface area (Å²) in [5.41, 5.74) is 2.04. The van der Waals surface area contributed by atoms with Gasteiger partial charge in [-0.3, -0.25) is 14.9 Å². The maximum Gasteiger partial charge on any atom is 0.280 e. The molecule has 1 aliphatic carbocycles. The number of nitro benzene ring substituents is 1. The first-order chi connectivity index (χ1) is 15.9. The molecule has 4 aromatic rings. The molecular weight excluding hydrogens is 440 g/mol. The largest absolute Gasteiger partial charge is 0.456 e. The lowest BCUT2D eigenvalue weighted by molar-refractivity contribution is -0.384. The molecule has 0 unspecified atom stereocenters. The van der Waals surface area contributed by atoms with Crippen molar-refractivity contribution >= 4 is 38.9 Å². The minimum Gasteiger partial charge on any atom is -0.456 e. The average molecular weight is 458 g/mol. The van der Waals surface area contributed by atoms with E-state index in [2.05, 4.69) is 16.0 Å². The number of aromatic nitrogens is 2. The molecule has 8 nitrogen and oxygen atoms in total. The molecule has 0 aliphatic heterocycles. The van der Waals surface area contributed by atoms with E-state index in [1.165, 1.54) is 28.4 Å². The molecule has 1 aliphatic rings. The van der Waals surface area contributed by atoms with Crippen LogP contribution in [0.4, 0.5) is 5.69 Å². The van der Waals surface area contributed by atoms with Gasteiger partial charge >= 0.3 is 0 Å². The van der Waals surface area contributed by atoms with E-state index < -0.39 is 4.92 Å². The molecule has 0 spiro atoms. The third-order valence-corrected chi connectivity index (χ3v) is 6.92.